The lowest BCUT2D eigenvalue weighted by atomic mass is 9.98. The van der Waals surface area contributed by atoms with Crippen molar-refractivity contribution < 1.29 is 36.3 Å². The molecule has 4 nitrogen and oxygen atoms in total. The van der Waals surface area contributed by atoms with Gasteiger partial charge in [-0.25, -0.2) is 0 Å². The standard InChI is InChI=1S/C20H14Cl2F6N2O2/c1-10-4-11(2-3-15(10)18(31)29-9-19(23,24)25)17(30-32)8-16(20(26,27)28)12-5-13(21)7-14(22)6-12/h2-8,32H,9H2,1H3,(H,29,31)/b16-8+,30-17-. The van der Waals surface area contributed by atoms with Gasteiger partial charge in [0.2, 0.25) is 0 Å². The van der Waals surface area contributed by atoms with Crippen LogP contribution in [0.1, 0.15) is 27.0 Å². The molecule has 2 rings (SSSR count). The van der Waals surface area contributed by atoms with Crippen LogP contribution in [0.25, 0.3) is 5.57 Å². The van der Waals surface area contributed by atoms with Gasteiger partial charge in [-0.1, -0.05) is 34.4 Å². The van der Waals surface area contributed by atoms with E-state index in [0.29, 0.717) is 6.08 Å². The number of alkyl halides is 6. The molecule has 0 aliphatic carbocycles. The Morgan fingerprint density at radius 2 is 1.62 bits per heavy atom. The molecule has 0 heterocycles. The lowest BCUT2D eigenvalue weighted by molar-refractivity contribution is -0.123. The van der Waals surface area contributed by atoms with Crippen molar-refractivity contribution in [2.75, 3.05) is 6.54 Å². The average Bonchev–Trinajstić information content (AvgIpc) is 2.64. The molecule has 172 valence electrons. The maximum atomic E-state index is 13.7. The number of carbonyl (C=O) groups is 1. The third-order valence-corrected chi connectivity index (χ3v) is 4.52. The molecule has 0 saturated carbocycles. The number of aryl methyl sites for hydroxylation is 1. The van der Waals surface area contributed by atoms with Crippen LogP contribution in [0.15, 0.2) is 47.6 Å². The zero-order valence-electron chi connectivity index (χ0n) is 16.1. The molecule has 0 fully saturated rings. The number of halogens is 8. The second-order valence-corrected chi connectivity index (χ2v) is 7.40. The number of carbonyl (C=O) groups excluding carboxylic acids is 1. The van der Waals surface area contributed by atoms with Crippen LogP contribution in [0.4, 0.5) is 26.3 Å². The Balaban J connectivity index is 2.45. The van der Waals surface area contributed by atoms with E-state index in [9.17, 15) is 36.3 Å². The largest absolute Gasteiger partial charge is 0.417 e. The Morgan fingerprint density at radius 1 is 1.03 bits per heavy atom. The Kier molecular flexibility index (Phi) is 7.84. The van der Waals surface area contributed by atoms with Crippen LogP contribution in [0.5, 0.6) is 0 Å². The summed E-state index contributed by atoms with van der Waals surface area (Å²) in [5.41, 5.74) is -2.10. The lowest BCUT2D eigenvalue weighted by Gasteiger charge is -2.14. The third-order valence-electron chi connectivity index (χ3n) is 4.08. The maximum absolute atomic E-state index is 13.7. The zero-order chi connectivity index (χ0) is 24.3. The molecule has 0 saturated heterocycles. The van der Waals surface area contributed by atoms with Crippen molar-refractivity contribution in [1.82, 2.24) is 5.32 Å². The molecular weight excluding hydrogens is 485 g/mol. The number of oxime groups is 1. The minimum atomic E-state index is -4.88. The van der Waals surface area contributed by atoms with Crippen molar-refractivity contribution >= 4 is 40.4 Å². The highest BCUT2D eigenvalue weighted by atomic mass is 35.5. The van der Waals surface area contributed by atoms with Crippen molar-refractivity contribution in [3.63, 3.8) is 0 Å². The number of nitrogens with one attached hydrogen (secondary N) is 1. The number of nitrogens with zero attached hydrogens (tertiary/aromatic N) is 1. The van der Waals surface area contributed by atoms with Crippen molar-refractivity contribution in [2.24, 2.45) is 5.16 Å². The zero-order valence-corrected chi connectivity index (χ0v) is 17.6. The lowest BCUT2D eigenvalue weighted by Crippen LogP contribution is -2.34. The normalized spacial score (nSPS) is 13.3. The van der Waals surface area contributed by atoms with Crippen LogP contribution in [0.3, 0.4) is 0 Å². The van der Waals surface area contributed by atoms with Gasteiger partial charge in [0.15, 0.2) is 0 Å². The van der Waals surface area contributed by atoms with Crippen molar-refractivity contribution in [1.29, 1.82) is 0 Å². The molecule has 0 aromatic heterocycles. The second kappa shape index (κ2) is 9.83. The van der Waals surface area contributed by atoms with Crippen molar-refractivity contribution in [2.45, 2.75) is 19.3 Å². The Hall–Kier alpha value is -2.72. The van der Waals surface area contributed by atoms with Crippen molar-refractivity contribution in [3.05, 3.63) is 74.8 Å². The topological polar surface area (TPSA) is 61.7 Å². The molecule has 1 amide bonds. The fourth-order valence-electron chi connectivity index (χ4n) is 2.70. The summed E-state index contributed by atoms with van der Waals surface area (Å²) in [6, 6.07) is 6.75. The molecule has 2 N–H and O–H groups in total. The molecular formula is C20H14Cl2F6N2O2. The summed E-state index contributed by atoms with van der Waals surface area (Å²) < 4.78 is 77.9. The summed E-state index contributed by atoms with van der Waals surface area (Å²) in [5.74, 6) is -1.02. The van der Waals surface area contributed by atoms with Gasteiger partial charge in [0, 0.05) is 21.2 Å². The summed E-state index contributed by atoms with van der Waals surface area (Å²) in [4.78, 5) is 11.9. The monoisotopic (exact) mass is 498 g/mol. The van der Waals surface area contributed by atoms with Crippen LogP contribution in [-0.4, -0.2) is 35.7 Å². The van der Waals surface area contributed by atoms with Gasteiger partial charge in [-0.3, -0.25) is 4.79 Å². The third kappa shape index (κ3) is 6.89. The molecule has 0 atom stereocenters. The number of amides is 1. The van der Waals surface area contributed by atoms with Crippen LogP contribution in [-0.2, 0) is 0 Å². The smallest absolute Gasteiger partial charge is 0.410 e. The molecule has 0 radical (unpaired) electrons. The van der Waals surface area contributed by atoms with Crippen LogP contribution >= 0.6 is 23.2 Å². The van der Waals surface area contributed by atoms with E-state index in [4.69, 9.17) is 23.2 Å². The van der Waals surface area contributed by atoms with Gasteiger partial charge >= 0.3 is 12.4 Å². The molecule has 12 heteroatoms. The van der Waals surface area contributed by atoms with Gasteiger partial charge in [-0.15, -0.1) is 0 Å². The predicted octanol–water partition coefficient (Wildman–Crippen LogP) is 6.42. The Labute approximate surface area is 188 Å². The number of hydrogen-bond acceptors (Lipinski definition) is 3. The first kappa shape index (κ1) is 25.5. The molecule has 2 aromatic rings. The molecule has 32 heavy (non-hydrogen) atoms. The molecule has 0 aliphatic heterocycles. The van der Waals surface area contributed by atoms with E-state index in [1.807, 2.05) is 0 Å². The Bertz CT molecular complexity index is 1060. The molecule has 0 spiro atoms. The molecule has 2 aromatic carbocycles. The quantitative estimate of drug-likeness (QED) is 0.216. The molecule has 0 unspecified atom stereocenters. The van der Waals surface area contributed by atoms with E-state index >= 15 is 0 Å². The highest BCUT2D eigenvalue weighted by molar-refractivity contribution is 6.35. The summed E-state index contributed by atoms with van der Waals surface area (Å²) in [6.45, 7) is -0.178. The number of benzene rings is 2. The fourth-order valence-corrected chi connectivity index (χ4v) is 3.22. The van der Waals surface area contributed by atoms with E-state index < -0.39 is 36.1 Å². The van der Waals surface area contributed by atoms with E-state index in [1.54, 1.807) is 5.32 Å². The van der Waals surface area contributed by atoms with Crippen LogP contribution in [0, 0.1) is 6.92 Å². The Morgan fingerprint density at radius 3 is 2.09 bits per heavy atom. The van der Waals surface area contributed by atoms with Gasteiger partial charge in [0.1, 0.15) is 12.3 Å². The summed E-state index contributed by atoms with van der Waals surface area (Å²) >= 11 is 11.6. The number of rotatable bonds is 5. The summed E-state index contributed by atoms with van der Waals surface area (Å²) in [5, 5.41) is 13.8. The van der Waals surface area contributed by atoms with E-state index in [2.05, 4.69) is 5.16 Å². The highest BCUT2D eigenvalue weighted by Crippen LogP contribution is 2.36. The fraction of sp³-hybridized carbons (Fsp3) is 0.200. The first-order chi connectivity index (χ1) is 14.7. The predicted molar refractivity (Wildman–Crippen MR) is 108 cm³/mol. The van der Waals surface area contributed by atoms with E-state index in [-0.39, 0.29) is 32.3 Å². The maximum Gasteiger partial charge on any atom is 0.417 e. The first-order valence-electron chi connectivity index (χ1n) is 8.64. The minimum absolute atomic E-state index is 0.0211. The van der Waals surface area contributed by atoms with Gasteiger partial charge in [-0.2, -0.15) is 26.3 Å². The van der Waals surface area contributed by atoms with Crippen LogP contribution in [0.2, 0.25) is 10.0 Å². The summed E-state index contributed by atoms with van der Waals surface area (Å²) in [7, 11) is 0. The van der Waals surface area contributed by atoms with Gasteiger partial charge in [-0.05, 0) is 54.5 Å². The number of allylic oxidation sites excluding steroid dienone is 2. The van der Waals surface area contributed by atoms with E-state index in [1.165, 1.54) is 19.1 Å². The first-order valence-corrected chi connectivity index (χ1v) is 9.40. The van der Waals surface area contributed by atoms with Gasteiger partial charge in [0.05, 0.1) is 5.57 Å². The second-order valence-electron chi connectivity index (χ2n) is 6.53. The van der Waals surface area contributed by atoms with Gasteiger partial charge < -0.3 is 10.5 Å². The molecule has 0 bridgehead atoms. The van der Waals surface area contributed by atoms with E-state index in [0.717, 1.165) is 24.3 Å². The highest BCUT2D eigenvalue weighted by Gasteiger charge is 2.35. The molecule has 0 aliphatic rings. The average molecular weight is 499 g/mol. The van der Waals surface area contributed by atoms with Crippen LogP contribution < -0.4 is 5.32 Å². The van der Waals surface area contributed by atoms with Crippen molar-refractivity contribution in [3.8, 4) is 0 Å². The number of hydrogen-bond donors (Lipinski definition) is 2. The van der Waals surface area contributed by atoms with Gasteiger partial charge in [0.25, 0.3) is 5.91 Å². The minimum Gasteiger partial charge on any atom is -0.410 e. The summed E-state index contributed by atoms with van der Waals surface area (Å²) in [6.07, 6.45) is -8.93. The SMILES string of the molecule is Cc1cc(C(/C=C(\c2cc(Cl)cc(Cl)c2)C(F)(F)F)=N\O)ccc1C(=O)NCC(F)(F)F.